The maximum Gasteiger partial charge on any atom is 0.340 e. The molecule has 1 heterocycles. The Morgan fingerprint density at radius 2 is 2.07 bits per heavy atom. The monoisotopic (exact) mass is 246 g/mol. The van der Waals surface area contributed by atoms with Crippen LogP contribution in [0, 0.1) is 0 Å². The van der Waals surface area contributed by atoms with E-state index in [4.69, 9.17) is 5.11 Å². The molecule has 1 rings (SSSR count). The maximum atomic E-state index is 12.4. The van der Waals surface area contributed by atoms with Crippen LogP contribution in [0.5, 0.6) is 5.19 Å². The fourth-order valence-electron chi connectivity index (χ4n) is 0.581. The second-order valence-electron chi connectivity index (χ2n) is 2.47. The van der Waals surface area contributed by atoms with Gasteiger partial charge >= 0.3 is 12.3 Å². The number of aromatic nitrogens is 2. The number of aliphatic hydroxyl groups excluding tert-OH is 1. The predicted octanol–water partition coefficient (Wildman–Crippen LogP) is 1.31. The van der Waals surface area contributed by atoms with E-state index in [1.807, 2.05) is 0 Å². The molecule has 0 unspecified atom stereocenters. The second-order valence-corrected chi connectivity index (χ2v) is 3.49. The smallest absolute Gasteiger partial charge is 0.340 e. The molecule has 0 fully saturated rings. The van der Waals surface area contributed by atoms with Crippen molar-refractivity contribution in [3.63, 3.8) is 0 Å². The van der Waals surface area contributed by atoms with Gasteiger partial charge in [-0.25, -0.2) is 8.78 Å². The van der Waals surface area contributed by atoms with Crippen LogP contribution in [0.4, 0.5) is 17.6 Å². The summed E-state index contributed by atoms with van der Waals surface area (Å²) >= 11 is 0.713. The van der Waals surface area contributed by atoms with Crippen molar-refractivity contribution in [1.29, 1.82) is 0 Å². The first-order chi connectivity index (χ1) is 6.95. The van der Waals surface area contributed by atoms with E-state index < -0.39 is 25.6 Å². The van der Waals surface area contributed by atoms with Crippen molar-refractivity contribution in [3.8, 4) is 5.19 Å². The van der Waals surface area contributed by atoms with E-state index in [2.05, 4.69) is 14.9 Å². The van der Waals surface area contributed by atoms with Gasteiger partial charge in [-0.1, -0.05) is 16.4 Å². The number of rotatable bonds is 5. The molecule has 0 saturated carbocycles. The third-order valence-corrected chi connectivity index (χ3v) is 2.11. The van der Waals surface area contributed by atoms with Crippen LogP contribution in [0.25, 0.3) is 0 Å². The standard InChI is InChI=1S/C6H6F4N2O2S/c7-4(8)6(9,10)2-14-5-12-11-3(1-13)15-5/h4,13H,1-2H2. The molecule has 0 saturated heterocycles. The molecule has 0 atom stereocenters. The van der Waals surface area contributed by atoms with Crippen LogP contribution in [0.2, 0.25) is 0 Å². The van der Waals surface area contributed by atoms with Crippen molar-refractivity contribution in [3.05, 3.63) is 5.01 Å². The molecule has 0 amide bonds. The van der Waals surface area contributed by atoms with Gasteiger partial charge < -0.3 is 9.84 Å². The van der Waals surface area contributed by atoms with Crippen molar-refractivity contribution >= 4 is 11.3 Å². The first-order valence-corrected chi connectivity index (χ1v) is 4.49. The summed E-state index contributed by atoms with van der Waals surface area (Å²) in [5, 5.41) is 15.0. The molecule has 15 heavy (non-hydrogen) atoms. The summed E-state index contributed by atoms with van der Waals surface area (Å²) in [4.78, 5) is 0. The van der Waals surface area contributed by atoms with Crippen molar-refractivity contribution < 1.29 is 27.4 Å². The average Bonchev–Trinajstić information content (AvgIpc) is 2.62. The lowest BCUT2D eigenvalue weighted by molar-refractivity contribution is -0.148. The van der Waals surface area contributed by atoms with E-state index in [1.54, 1.807) is 0 Å². The normalized spacial score (nSPS) is 12.1. The van der Waals surface area contributed by atoms with Gasteiger partial charge in [-0.15, -0.1) is 5.10 Å². The van der Waals surface area contributed by atoms with E-state index in [0.29, 0.717) is 11.3 Å². The Morgan fingerprint density at radius 1 is 1.40 bits per heavy atom. The molecule has 0 radical (unpaired) electrons. The third-order valence-electron chi connectivity index (χ3n) is 1.29. The zero-order valence-electron chi connectivity index (χ0n) is 7.16. The van der Waals surface area contributed by atoms with Gasteiger partial charge in [0.1, 0.15) is 5.01 Å². The molecule has 0 aliphatic carbocycles. The number of ether oxygens (including phenoxy) is 1. The SMILES string of the molecule is OCc1nnc(OCC(F)(F)C(F)F)s1. The van der Waals surface area contributed by atoms with Gasteiger partial charge in [0.2, 0.25) is 0 Å². The minimum absolute atomic E-state index is 0.158. The third kappa shape index (κ3) is 3.27. The summed E-state index contributed by atoms with van der Waals surface area (Å²) in [5.74, 6) is -4.22. The van der Waals surface area contributed by atoms with Gasteiger partial charge in [-0.3, -0.25) is 0 Å². The Labute approximate surface area is 85.5 Å². The van der Waals surface area contributed by atoms with Crippen LogP contribution in [0.1, 0.15) is 5.01 Å². The lowest BCUT2D eigenvalue weighted by atomic mass is 10.4. The van der Waals surface area contributed by atoms with Crippen molar-refractivity contribution in [2.45, 2.75) is 19.0 Å². The number of hydrogen-bond acceptors (Lipinski definition) is 5. The Morgan fingerprint density at radius 3 is 2.53 bits per heavy atom. The van der Waals surface area contributed by atoms with Crippen molar-refractivity contribution in [1.82, 2.24) is 10.2 Å². The van der Waals surface area contributed by atoms with Crippen LogP contribution in [0.3, 0.4) is 0 Å². The zero-order valence-corrected chi connectivity index (χ0v) is 7.98. The van der Waals surface area contributed by atoms with Crippen LogP contribution in [-0.4, -0.2) is 34.3 Å². The Bertz CT molecular complexity index is 320. The Hall–Kier alpha value is -0.960. The lowest BCUT2D eigenvalue weighted by Gasteiger charge is -2.13. The summed E-state index contributed by atoms with van der Waals surface area (Å²) < 4.78 is 52.4. The first kappa shape index (κ1) is 12.1. The molecule has 86 valence electrons. The summed E-state index contributed by atoms with van der Waals surface area (Å²) in [6.07, 6.45) is -3.79. The molecule has 0 aliphatic rings. The minimum atomic E-state index is -4.22. The first-order valence-electron chi connectivity index (χ1n) is 3.67. The van der Waals surface area contributed by atoms with Crippen molar-refractivity contribution in [2.24, 2.45) is 0 Å². The van der Waals surface area contributed by atoms with Gasteiger partial charge in [-0.05, 0) is 0 Å². The van der Waals surface area contributed by atoms with E-state index in [1.165, 1.54) is 0 Å². The summed E-state index contributed by atoms with van der Waals surface area (Å²) in [7, 11) is 0. The average molecular weight is 246 g/mol. The number of halogens is 4. The highest BCUT2D eigenvalue weighted by molar-refractivity contribution is 7.13. The van der Waals surface area contributed by atoms with Crippen LogP contribution in [0.15, 0.2) is 0 Å². The lowest BCUT2D eigenvalue weighted by Crippen LogP contribution is -2.33. The number of alkyl halides is 4. The highest BCUT2D eigenvalue weighted by Crippen LogP contribution is 2.25. The molecule has 0 bridgehead atoms. The van der Waals surface area contributed by atoms with Gasteiger partial charge in [0.05, 0.1) is 6.61 Å². The molecule has 1 aromatic rings. The molecule has 4 nitrogen and oxygen atoms in total. The molecule has 0 aliphatic heterocycles. The molecule has 0 spiro atoms. The largest absolute Gasteiger partial charge is 0.462 e. The Balaban J connectivity index is 2.50. The van der Waals surface area contributed by atoms with Gasteiger partial charge in [-0.2, -0.15) is 8.78 Å². The highest BCUT2D eigenvalue weighted by Gasteiger charge is 2.42. The predicted molar refractivity (Wildman–Crippen MR) is 42.3 cm³/mol. The van der Waals surface area contributed by atoms with Crippen LogP contribution in [-0.2, 0) is 6.61 Å². The van der Waals surface area contributed by atoms with Gasteiger partial charge in [0.15, 0.2) is 6.61 Å². The summed E-state index contributed by atoms with van der Waals surface area (Å²) in [6.45, 7) is -1.88. The van der Waals surface area contributed by atoms with Crippen LogP contribution >= 0.6 is 11.3 Å². The molecule has 0 aromatic carbocycles. The van der Waals surface area contributed by atoms with E-state index in [-0.39, 0.29) is 10.2 Å². The number of hydrogen-bond donors (Lipinski definition) is 1. The highest BCUT2D eigenvalue weighted by atomic mass is 32.1. The maximum absolute atomic E-state index is 12.4. The number of nitrogens with zero attached hydrogens (tertiary/aromatic N) is 2. The van der Waals surface area contributed by atoms with Gasteiger partial charge in [0.25, 0.3) is 5.19 Å². The molecule has 1 aromatic heterocycles. The fraction of sp³-hybridized carbons (Fsp3) is 0.667. The quantitative estimate of drug-likeness (QED) is 0.796. The Kier molecular flexibility index (Phi) is 3.80. The van der Waals surface area contributed by atoms with E-state index in [0.717, 1.165) is 0 Å². The molecular formula is C6H6F4N2O2S. The topological polar surface area (TPSA) is 55.2 Å². The zero-order chi connectivity index (χ0) is 11.5. The molecule has 9 heteroatoms. The van der Waals surface area contributed by atoms with Gasteiger partial charge in [0, 0.05) is 0 Å². The summed E-state index contributed by atoms with van der Waals surface area (Å²) in [6, 6.07) is 0. The summed E-state index contributed by atoms with van der Waals surface area (Å²) in [5.41, 5.74) is 0. The molecular weight excluding hydrogens is 240 g/mol. The van der Waals surface area contributed by atoms with E-state index >= 15 is 0 Å². The number of aliphatic hydroxyl groups is 1. The molecule has 1 N–H and O–H groups in total. The fourth-order valence-corrected chi connectivity index (χ4v) is 1.13. The second kappa shape index (κ2) is 4.71. The minimum Gasteiger partial charge on any atom is -0.462 e. The van der Waals surface area contributed by atoms with Crippen LogP contribution < -0.4 is 4.74 Å². The van der Waals surface area contributed by atoms with Crippen molar-refractivity contribution in [2.75, 3.05) is 6.61 Å². The van der Waals surface area contributed by atoms with E-state index in [9.17, 15) is 17.6 Å².